The van der Waals surface area contributed by atoms with E-state index in [9.17, 15) is 4.39 Å². The van der Waals surface area contributed by atoms with E-state index in [1.165, 1.54) is 6.07 Å². The Balaban J connectivity index is 2.30. The lowest BCUT2D eigenvalue weighted by molar-refractivity contribution is 0.637. The average Bonchev–Trinajstić information content (AvgIpc) is 2.82. The third kappa shape index (κ3) is 2.58. The summed E-state index contributed by atoms with van der Waals surface area (Å²) >= 11 is 9.36. The van der Waals surface area contributed by atoms with E-state index in [4.69, 9.17) is 11.6 Å². The molecule has 0 aliphatic heterocycles. The highest BCUT2D eigenvalue weighted by Crippen LogP contribution is 2.26. The van der Waals surface area contributed by atoms with Crippen molar-refractivity contribution >= 4 is 38.6 Å². The molecule has 1 aromatic heterocycles. The van der Waals surface area contributed by atoms with E-state index >= 15 is 0 Å². The number of aromatic nitrogens is 2. The molecule has 0 N–H and O–H groups in total. The van der Waals surface area contributed by atoms with Gasteiger partial charge in [0, 0.05) is 22.5 Å². The van der Waals surface area contributed by atoms with Crippen LogP contribution < -0.4 is 0 Å². The SMILES string of the molecule is Cc1cc(-n2c(CCCl)nc3c(F)cccc32)ccc1Br. The number of nitrogens with zero attached hydrogens (tertiary/aromatic N) is 2. The van der Waals surface area contributed by atoms with Crippen molar-refractivity contribution in [3.8, 4) is 5.69 Å². The molecule has 0 unspecified atom stereocenters. The summed E-state index contributed by atoms with van der Waals surface area (Å²) in [5.41, 5.74) is 3.22. The van der Waals surface area contributed by atoms with Crippen molar-refractivity contribution < 1.29 is 4.39 Å². The summed E-state index contributed by atoms with van der Waals surface area (Å²) in [6.45, 7) is 2.02. The van der Waals surface area contributed by atoms with E-state index < -0.39 is 0 Å². The maximum absolute atomic E-state index is 14.0. The second kappa shape index (κ2) is 5.78. The van der Waals surface area contributed by atoms with Crippen molar-refractivity contribution in [1.29, 1.82) is 0 Å². The van der Waals surface area contributed by atoms with Gasteiger partial charge in [0.1, 0.15) is 11.3 Å². The van der Waals surface area contributed by atoms with Crippen LogP contribution in [0, 0.1) is 12.7 Å². The third-order valence-corrected chi connectivity index (χ3v) is 4.50. The lowest BCUT2D eigenvalue weighted by atomic mass is 10.2. The summed E-state index contributed by atoms with van der Waals surface area (Å²) < 4.78 is 17.0. The molecule has 3 rings (SSSR count). The Morgan fingerprint density at radius 2 is 2.10 bits per heavy atom. The minimum absolute atomic E-state index is 0.309. The van der Waals surface area contributed by atoms with Crippen molar-refractivity contribution in [3.05, 3.63) is 58.1 Å². The lowest BCUT2D eigenvalue weighted by Crippen LogP contribution is -2.02. The van der Waals surface area contributed by atoms with Crippen LogP contribution in [0.5, 0.6) is 0 Å². The summed E-state index contributed by atoms with van der Waals surface area (Å²) in [6.07, 6.45) is 0.588. The molecule has 2 aromatic carbocycles. The fourth-order valence-corrected chi connectivity index (χ4v) is 2.84. The van der Waals surface area contributed by atoms with Crippen molar-refractivity contribution in [3.63, 3.8) is 0 Å². The minimum Gasteiger partial charge on any atom is -0.296 e. The van der Waals surface area contributed by atoms with E-state index in [1.54, 1.807) is 6.07 Å². The maximum atomic E-state index is 14.0. The van der Waals surface area contributed by atoms with Gasteiger partial charge in [-0.2, -0.15) is 0 Å². The Bertz CT molecular complexity index is 813. The molecule has 0 aliphatic carbocycles. The normalized spacial score (nSPS) is 11.2. The highest BCUT2D eigenvalue weighted by atomic mass is 79.9. The van der Waals surface area contributed by atoms with Crippen LogP contribution in [0.4, 0.5) is 4.39 Å². The number of hydrogen-bond acceptors (Lipinski definition) is 1. The predicted molar refractivity (Wildman–Crippen MR) is 87.9 cm³/mol. The number of halogens is 3. The van der Waals surface area contributed by atoms with Crippen LogP contribution >= 0.6 is 27.5 Å². The van der Waals surface area contributed by atoms with Gasteiger partial charge in [0.15, 0.2) is 5.82 Å². The van der Waals surface area contributed by atoms with Crippen molar-refractivity contribution in [1.82, 2.24) is 9.55 Å². The zero-order valence-corrected chi connectivity index (χ0v) is 13.7. The summed E-state index contributed by atoms with van der Waals surface area (Å²) in [5, 5.41) is 0. The molecule has 0 atom stereocenters. The number of rotatable bonds is 3. The summed E-state index contributed by atoms with van der Waals surface area (Å²) in [4.78, 5) is 4.42. The average molecular weight is 368 g/mol. The van der Waals surface area contributed by atoms with Gasteiger partial charge in [0.05, 0.1) is 5.52 Å². The molecule has 21 heavy (non-hydrogen) atoms. The van der Waals surface area contributed by atoms with Gasteiger partial charge in [-0.1, -0.05) is 22.0 Å². The Hall–Kier alpha value is -1.39. The number of fused-ring (bicyclic) bond motifs is 1. The predicted octanol–water partition coefficient (Wildman–Crippen LogP) is 5.02. The number of aryl methyl sites for hydroxylation is 2. The van der Waals surface area contributed by atoms with E-state index in [-0.39, 0.29) is 5.82 Å². The largest absolute Gasteiger partial charge is 0.296 e. The molecule has 0 fully saturated rings. The standard InChI is InChI=1S/C16H13BrClFN2/c1-10-9-11(5-6-12(10)17)21-14-4-2-3-13(19)16(14)20-15(21)7-8-18/h2-6,9H,7-8H2,1H3. The highest BCUT2D eigenvalue weighted by Gasteiger charge is 2.15. The molecule has 0 radical (unpaired) electrons. The molecule has 0 spiro atoms. The van der Waals surface area contributed by atoms with Gasteiger partial charge < -0.3 is 0 Å². The Morgan fingerprint density at radius 1 is 1.29 bits per heavy atom. The number of para-hydroxylation sites is 1. The van der Waals surface area contributed by atoms with Gasteiger partial charge in [-0.3, -0.25) is 4.57 Å². The fraction of sp³-hybridized carbons (Fsp3) is 0.188. The van der Waals surface area contributed by atoms with Gasteiger partial charge in [0.2, 0.25) is 0 Å². The Kier molecular flexibility index (Phi) is 4.00. The Labute approximate surface area is 135 Å². The first-order valence-corrected chi connectivity index (χ1v) is 7.93. The molecule has 5 heteroatoms. The molecule has 0 amide bonds. The lowest BCUT2D eigenvalue weighted by Gasteiger charge is -2.10. The number of benzene rings is 2. The molecule has 3 aromatic rings. The van der Waals surface area contributed by atoms with Crippen LogP contribution in [0.3, 0.4) is 0 Å². The van der Waals surface area contributed by atoms with Crippen LogP contribution in [-0.2, 0) is 6.42 Å². The zero-order chi connectivity index (χ0) is 15.0. The molecule has 0 aliphatic rings. The van der Waals surface area contributed by atoms with Crippen molar-refractivity contribution in [2.24, 2.45) is 0 Å². The summed E-state index contributed by atoms with van der Waals surface area (Å²) in [5.74, 6) is 0.906. The summed E-state index contributed by atoms with van der Waals surface area (Å²) in [6, 6.07) is 11.0. The number of alkyl halides is 1. The first-order valence-electron chi connectivity index (χ1n) is 6.60. The maximum Gasteiger partial charge on any atom is 0.151 e. The topological polar surface area (TPSA) is 17.8 Å². The van der Waals surface area contributed by atoms with Gasteiger partial charge in [-0.15, -0.1) is 11.6 Å². The first kappa shape index (κ1) is 14.5. The van der Waals surface area contributed by atoms with Crippen molar-refractivity contribution in [2.45, 2.75) is 13.3 Å². The van der Waals surface area contributed by atoms with E-state index in [2.05, 4.69) is 20.9 Å². The molecule has 0 saturated carbocycles. The van der Waals surface area contributed by atoms with Crippen LogP contribution in [-0.4, -0.2) is 15.4 Å². The van der Waals surface area contributed by atoms with Gasteiger partial charge >= 0.3 is 0 Å². The van der Waals surface area contributed by atoms with Crippen LogP contribution in [0.1, 0.15) is 11.4 Å². The smallest absolute Gasteiger partial charge is 0.151 e. The molecular formula is C16H13BrClFN2. The Morgan fingerprint density at radius 3 is 2.81 bits per heavy atom. The van der Waals surface area contributed by atoms with Crippen molar-refractivity contribution in [2.75, 3.05) is 5.88 Å². The molecule has 0 bridgehead atoms. The minimum atomic E-state index is -0.309. The van der Waals surface area contributed by atoms with Crippen LogP contribution in [0.15, 0.2) is 40.9 Å². The van der Waals surface area contributed by atoms with Gasteiger partial charge in [0.25, 0.3) is 0 Å². The first-order chi connectivity index (χ1) is 10.1. The fourth-order valence-electron chi connectivity index (χ4n) is 2.42. The van der Waals surface area contributed by atoms with Gasteiger partial charge in [-0.05, 0) is 42.8 Å². The van der Waals surface area contributed by atoms with E-state index in [0.29, 0.717) is 17.8 Å². The van der Waals surface area contributed by atoms with Gasteiger partial charge in [-0.25, -0.2) is 9.37 Å². The van der Waals surface area contributed by atoms with Crippen LogP contribution in [0.25, 0.3) is 16.7 Å². The zero-order valence-electron chi connectivity index (χ0n) is 11.4. The molecular weight excluding hydrogens is 355 g/mol. The number of imidazole rings is 1. The summed E-state index contributed by atoms with van der Waals surface area (Å²) in [7, 11) is 0. The number of hydrogen-bond donors (Lipinski definition) is 0. The second-order valence-corrected chi connectivity index (χ2v) is 6.08. The van der Waals surface area contributed by atoms with E-state index in [0.717, 1.165) is 27.1 Å². The third-order valence-electron chi connectivity index (χ3n) is 3.42. The highest BCUT2D eigenvalue weighted by molar-refractivity contribution is 9.10. The monoisotopic (exact) mass is 366 g/mol. The molecule has 108 valence electrons. The molecule has 1 heterocycles. The molecule has 2 nitrogen and oxygen atoms in total. The second-order valence-electron chi connectivity index (χ2n) is 4.84. The van der Waals surface area contributed by atoms with Crippen LogP contribution in [0.2, 0.25) is 0 Å². The molecule has 0 saturated heterocycles. The quantitative estimate of drug-likeness (QED) is 0.595. The van der Waals surface area contributed by atoms with E-state index in [1.807, 2.05) is 35.8 Å².